The number of hydrogen-bond donors (Lipinski definition) is 1. The molecule has 6 heteroatoms. The van der Waals surface area contributed by atoms with Crippen molar-refractivity contribution in [2.24, 2.45) is 0 Å². The van der Waals surface area contributed by atoms with Gasteiger partial charge in [0.1, 0.15) is 6.04 Å². The molecule has 1 fully saturated rings. The van der Waals surface area contributed by atoms with Crippen LogP contribution in [0.5, 0.6) is 0 Å². The van der Waals surface area contributed by atoms with Gasteiger partial charge < -0.3 is 9.64 Å². The van der Waals surface area contributed by atoms with Crippen LogP contribution in [0.1, 0.15) is 45.6 Å². The van der Waals surface area contributed by atoms with Gasteiger partial charge in [0.05, 0.1) is 18.7 Å². The fourth-order valence-corrected chi connectivity index (χ4v) is 3.54. The molecule has 1 heterocycles. The minimum absolute atomic E-state index is 0.0130. The average molecular weight is 374 g/mol. The molecule has 0 aromatic heterocycles. The van der Waals surface area contributed by atoms with Gasteiger partial charge in [0.2, 0.25) is 5.91 Å². The van der Waals surface area contributed by atoms with E-state index in [1.54, 1.807) is 18.7 Å². The molecule has 0 radical (unpaired) electrons. The Labute approximate surface area is 161 Å². The number of ketones is 1. The summed E-state index contributed by atoms with van der Waals surface area (Å²) in [7, 11) is 0. The number of carbonyl (C=O) groups excluding carboxylic acids is 3. The lowest BCUT2D eigenvalue weighted by Crippen LogP contribution is -2.53. The van der Waals surface area contributed by atoms with Crippen molar-refractivity contribution in [1.82, 2.24) is 10.2 Å². The van der Waals surface area contributed by atoms with Crippen LogP contribution in [0.25, 0.3) is 0 Å². The Morgan fingerprint density at radius 3 is 2.59 bits per heavy atom. The molecule has 2 rings (SSSR count). The van der Waals surface area contributed by atoms with Crippen molar-refractivity contribution >= 4 is 17.7 Å². The van der Waals surface area contributed by atoms with Gasteiger partial charge in [0, 0.05) is 6.54 Å². The summed E-state index contributed by atoms with van der Waals surface area (Å²) in [5.74, 6) is -0.474. The van der Waals surface area contributed by atoms with Gasteiger partial charge in [0.15, 0.2) is 5.78 Å². The molecule has 1 aliphatic rings. The van der Waals surface area contributed by atoms with Crippen molar-refractivity contribution in [3.63, 3.8) is 0 Å². The fourth-order valence-electron chi connectivity index (χ4n) is 3.54. The normalized spacial score (nSPS) is 18.8. The fraction of sp³-hybridized carbons (Fsp3) is 0.571. The number of rotatable bonds is 9. The van der Waals surface area contributed by atoms with Gasteiger partial charge in [-0.3, -0.25) is 19.7 Å². The molecular formula is C21H30N2O4. The molecule has 0 saturated carbocycles. The molecule has 0 aliphatic carbocycles. The summed E-state index contributed by atoms with van der Waals surface area (Å²) in [6, 6.07) is 8.43. The molecule has 1 aliphatic heterocycles. The zero-order chi connectivity index (χ0) is 19.8. The third-order valence-corrected chi connectivity index (χ3v) is 4.96. The predicted molar refractivity (Wildman–Crippen MR) is 103 cm³/mol. The molecule has 27 heavy (non-hydrogen) atoms. The van der Waals surface area contributed by atoms with Crippen molar-refractivity contribution in [1.29, 1.82) is 0 Å². The third kappa shape index (κ3) is 5.89. The number of Topliss-reactive ketones (excluding diaryl/α,β-unsaturated/α-hetero) is 1. The molecule has 1 aromatic rings. The first kappa shape index (κ1) is 21.1. The van der Waals surface area contributed by atoms with E-state index in [0.29, 0.717) is 32.4 Å². The van der Waals surface area contributed by atoms with E-state index >= 15 is 0 Å². The first-order chi connectivity index (χ1) is 12.9. The lowest BCUT2D eigenvalue weighted by Gasteiger charge is -2.28. The molecular weight excluding hydrogens is 344 g/mol. The van der Waals surface area contributed by atoms with Crippen LogP contribution in [-0.4, -0.2) is 53.8 Å². The van der Waals surface area contributed by atoms with E-state index < -0.39 is 12.1 Å². The zero-order valence-corrected chi connectivity index (χ0v) is 16.4. The summed E-state index contributed by atoms with van der Waals surface area (Å²) in [5.41, 5.74) is 1.13. The molecule has 0 spiro atoms. The van der Waals surface area contributed by atoms with Crippen LogP contribution >= 0.6 is 0 Å². The van der Waals surface area contributed by atoms with E-state index in [-0.39, 0.29) is 23.7 Å². The quantitative estimate of drug-likeness (QED) is 0.670. The predicted octanol–water partition coefficient (Wildman–Crippen LogP) is 2.11. The van der Waals surface area contributed by atoms with Crippen molar-refractivity contribution in [2.75, 3.05) is 13.2 Å². The Morgan fingerprint density at radius 1 is 1.26 bits per heavy atom. The number of aryl methyl sites for hydroxylation is 1. The summed E-state index contributed by atoms with van der Waals surface area (Å²) < 4.78 is 5.18. The van der Waals surface area contributed by atoms with Crippen LogP contribution in [0.3, 0.4) is 0 Å². The van der Waals surface area contributed by atoms with E-state index in [4.69, 9.17) is 4.74 Å². The van der Waals surface area contributed by atoms with E-state index in [2.05, 4.69) is 5.32 Å². The molecule has 6 nitrogen and oxygen atoms in total. The largest absolute Gasteiger partial charge is 0.465 e. The van der Waals surface area contributed by atoms with Crippen molar-refractivity contribution < 1.29 is 19.1 Å². The Balaban J connectivity index is 2.01. The van der Waals surface area contributed by atoms with Crippen LogP contribution in [0.2, 0.25) is 0 Å². The van der Waals surface area contributed by atoms with Crippen LogP contribution in [-0.2, 0) is 25.5 Å². The van der Waals surface area contributed by atoms with Gasteiger partial charge in [-0.05, 0) is 52.0 Å². The number of hydrogen-bond acceptors (Lipinski definition) is 5. The second kappa shape index (κ2) is 10.2. The Kier molecular flexibility index (Phi) is 7.98. The highest BCUT2D eigenvalue weighted by Gasteiger charge is 2.35. The van der Waals surface area contributed by atoms with Crippen molar-refractivity contribution in [3.8, 4) is 0 Å². The number of esters is 1. The maximum atomic E-state index is 12.8. The van der Waals surface area contributed by atoms with Crippen LogP contribution < -0.4 is 5.32 Å². The monoisotopic (exact) mass is 374 g/mol. The van der Waals surface area contributed by atoms with Gasteiger partial charge in [0.25, 0.3) is 0 Å². The first-order valence-corrected chi connectivity index (χ1v) is 9.71. The van der Waals surface area contributed by atoms with Gasteiger partial charge in [-0.15, -0.1) is 0 Å². The van der Waals surface area contributed by atoms with E-state index in [1.807, 2.05) is 30.3 Å². The third-order valence-electron chi connectivity index (χ3n) is 4.96. The zero-order valence-electron chi connectivity index (χ0n) is 16.4. The summed E-state index contributed by atoms with van der Waals surface area (Å²) in [6.45, 7) is 5.91. The molecule has 3 atom stereocenters. The first-order valence-electron chi connectivity index (χ1n) is 9.71. The van der Waals surface area contributed by atoms with Crippen LogP contribution in [0.15, 0.2) is 30.3 Å². The van der Waals surface area contributed by atoms with Crippen molar-refractivity contribution in [2.45, 2.75) is 64.6 Å². The topological polar surface area (TPSA) is 75.7 Å². The van der Waals surface area contributed by atoms with Crippen LogP contribution in [0.4, 0.5) is 0 Å². The molecule has 0 unspecified atom stereocenters. The molecule has 1 amide bonds. The smallest absolute Gasteiger partial charge is 0.323 e. The van der Waals surface area contributed by atoms with Crippen LogP contribution in [0, 0.1) is 0 Å². The SMILES string of the molecule is CCOC(=O)[C@H](CCc1ccccc1)N[C@@H](C)C(=O)N1CCC[C@H]1C(C)=O. The maximum Gasteiger partial charge on any atom is 0.323 e. The molecule has 1 saturated heterocycles. The minimum atomic E-state index is -0.567. The van der Waals surface area contributed by atoms with E-state index in [9.17, 15) is 14.4 Å². The maximum absolute atomic E-state index is 12.8. The number of ether oxygens (including phenoxy) is 1. The van der Waals surface area contributed by atoms with E-state index in [1.165, 1.54) is 6.92 Å². The van der Waals surface area contributed by atoms with Gasteiger partial charge >= 0.3 is 5.97 Å². The Morgan fingerprint density at radius 2 is 1.96 bits per heavy atom. The number of nitrogens with one attached hydrogen (secondary N) is 1. The summed E-state index contributed by atoms with van der Waals surface area (Å²) >= 11 is 0. The highest BCUT2D eigenvalue weighted by atomic mass is 16.5. The Hall–Kier alpha value is -2.21. The average Bonchev–Trinajstić information content (AvgIpc) is 3.15. The van der Waals surface area contributed by atoms with Gasteiger partial charge in [-0.25, -0.2) is 0 Å². The lowest BCUT2D eigenvalue weighted by molar-refractivity contribution is -0.147. The van der Waals surface area contributed by atoms with Gasteiger partial charge in [-0.1, -0.05) is 30.3 Å². The highest BCUT2D eigenvalue weighted by molar-refractivity contribution is 5.90. The standard InChI is InChI=1S/C21H30N2O4/c1-4-27-21(26)18(13-12-17-9-6-5-7-10-17)22-15(2)20(25)23-14-8-11-19(23)16(3)24/h5-7,9-10,15,18-19,22H,4,8,11-14H2,1-3H3/t15-,18-,19-/m0/s1. The van der Waals surface area contributed by atoms with E-state index in [0.717, 1.165) is 12.0 Å². The molecule has 1 N–H and O–H groups in total. The molecule has 148 valence electrons. The molecule has 1 aromatic carbocycles. The summed E-state index contributed by atoms with van der Waals surface area (Å²) in [4.78, 5) is 38.6. The summed E-state index contributed by atoms with van der Waals surface area (Å²) in [5, 5.41) is 3.13. The highest BCUT2D eigenvalue weighted by Crippen LogP contribution is 2.19. The minimum Gasteiger partial charge on any atom is -0.465 e. The number of likely N-dealkylation sites (tertiary alicyclic amines) is 1. The second-order valence-electron chi connectivity index (χ2n) is 7.02. The lowest BCUT2D eigenvalue weighted by atomic mass is 10.0. The summed E-state index contributed by atoms with van der Waals surface area (Å²) in [6.07, 6.45) is 2.79. The number of nitrogens with zero attached hydrogens (tertiary/aromatic N) is 1. The van der Waals surface area contributed by atoms with Crippen molar-refractivity contribution in [3.05, 3.63) is 35.9 Å². The number of amides is 1. The second-order valence-corrected chi connectivity index (χ2v) is 7.02. The number of carbonyl (C=O) groups is 3. The number of benzene rings is 1. The Bertz CT molecular complexity index is 647. The molecule has 0 bridgehead atoms. The van der Waals surface area contributed by atoms with Gasteiger partial charge in [-0.2, -0.15) is 0 Å².